The van der Waals surface area contributed by atoms with Crippen molar-refractivity contribution in [3.05, 3.63) is 45.9 Å². The second-order valence-electron chi connectivity index (χ2n) is 10.5. The lowest BCUT2D eigenvalue weighted by Gasteiger charge is -2.38. The molecule has 3 aromatic rings. The predicted octanol–water partition coefficient (Wildman–Crippen LogP) is 3.83. The van der Waals surface area contributed by atoms with Gasteiger partial charge in [0, 0.05) is 70.4 Å². The molecule has 3 aliphatic rings. The van der Waals surface area contributed by atoms with Crippen LogP contribution < -0.4 is 10.2 Å². The minimum absolute atomic E-state index is 0.106. The molecule has 2 saturated heterocycles. The third kappa shape index (κ3) is 5.38. The number of carbonyl (C=O) groups excluding carboxylic acids is 2. The highest BCUT2D eigenvalue weighted by molar-refractivity contribution is 7.19. The first-order valence-corrected chi connectivity index (χ1v) is 14.2. The van der Waals surface area contributed by atoms with Gasteiger partial charge >= 0.3 is 0 Å². The van der Waals surface area contributed by atoms with Gasteiger partial charge in [0.05, 0.1) is 23.4 Å². The Labute approximate surface area is 235 Å². The summed E-state index contributed by atoms with van der Waals surface area (Å²) in [7, 11) is 0. The number of aliphatic hydroxyl groups excluding tert-OH is 1. The predicted molar refractivity (Wildman–Crippen MR) is 151 cm³/mol. The van der Waals surface area contributed by atoms with Crippen molar-refractivity contribution in [2.24, 2.45) is 0 Å². The molecule has 0 radical (unpaired) electrons. The van der Waals surface area contributed by atoms with Crippen LogP contribution in [0.5, 0.6) is 0 Å². The van der Waals surface area contributed by atoms with Crippen molar-refractivity contribution in [2.45, 2.75) is 57.2 Å². The summed E-state index contributed by atoms with van der Waals surface area (Å²) in [6.07, 6.45) is 5.32. The molecule has 0 unspecified atom stereocenters. The van der Waals surface area contributed by atoms with E-state index in [-0.39, 0.29) is 36.5 Å². The van der Waals surface area contributed by atoms with Crippen LogP contribution in [0, 0.1) is 0 Å². The standard InChI is InChI=1S/C27H29ClN4O3S.CH2O2/c1-27(15-33)12-18(13-30-27)31-8-2-3-16-9-17(28)10-21(25(16)31)20-6-7-29-22-11-19(36-26(20)22)14-32-23(34)4-5-24(32)35;2-1-3/h6-7,9-11,18,30,33H,2-5,8,12-15H2,1H3;1H,(H,2,3)/t18-,27+;/m0./s1. The molecule has 0 spiro atoms. The summed E-state index contributed by atoms with van der Waals surface area (Å²) in [6, 6.07) is 8.45. The normalized spacial score (nSPS) is 22.7. The molecule has 11 heteroatoms. The lowest BCUT2D eigenvalue weighted by molar-refractivity contribution is -0.139. The number of carbonyl (C=O) groups is 3. The molecule has 206 valence electrons. The van der Waals surface area contributed by atoms with Crippen LogP contribution in [-0.4, -0.2) is 69.7 Å². The molecule has 3 aliphatic heterocycles. The van der Waals surface area contributed by atoms with Crippen LogP contribution in [0.2, 0.25) is 5.02 Å². The third-order valence-corrected chi connectivity index (χ3v) is 9.11. The number of likely N-dealkylation sites (tertiary alicyclic amines) is 1. The number of rotatable bonds is 5. The van der Waals surface area contributed by atoms with Crippen LogP contribution in [0.25, 0.3) is 21.3 Å². The summed E-state index contributed by atoms with van der Waals surface area (Å²) in [5, 5.41) is 21.0. The monoisotopic (exact) mass is 570 g/mol. The first-order chi connectivity index (χ1) is 18.8. The molecule has 5 heterocycles. The molecular weight excluding hydrogens is 540 g/mol. The second-order valence-corrected chi connectivity index (χ2v) is 12.1. The Bertz CT molecular complexity index is 1410. The van der Waals surface area contributed by atoms with E-state index < -0.39 is 0 Å². The molecule has 3 N–H and O–H groups in total. The molecule has 2 atom stereocenters. The van der Waals surface area contributed by atoms with Crippen LogP contribution in [0.4, 0.5) is 5.69 Å². The van der Waals surface area contributed by atoms with E-state index in [1.807, 2.05) is 24.4 Å². The van der Waals surface area contributed by atoms with Crippen LogP contribution in [0.15, 0.2) is 30.5 Å². The summed E-state index contributed by atoms with van der Waals surface area (Å²) in [5.41, 5.74) is 5.20. The number of pyridine rings is 1. The van der Waals surface area contributed by atoms with Gasteiger partial charge < -0.3 is 20.4 Å². The lowest BCUT2D eigenvalue weighted by atomic mass is 9.91. The molecule has 0 bridgehead atoms. The number of halogens is 1. The Morgan fingerprint density at radius 3 is 2.64 bits per heavy atom. The number of carboxylic acid groups (broad SMARTS) is 1. The maximum Gasteiger partial charge on any atom is 0.290 e. The van der Waals surface area contributed by atoms with E-state index >= 15 is 0 Å². The Morgan fingerprint density at radius 1 is 1.21 bits per heavy atom. The molecule has 1 aromatic carbocycles. The van der Waals surface area contributed by atoms with Crippen LogP contribution in [0.1, 0.15) is 43.0 Å². The average Bonchev–Trinajstić information content (AvgIpc) is 3.61. The first kappa shape index (κ1) is 27.5. The van der Waals surface area contributed by atoms with Gasteiger partial charge in [0.1, 0.15) is 0 Å². The maximum absolute atomic E-state index is 12.2. The minimum Gasteiger partial charge on any atom is -0.483 e. The Morgan fingerprint density at radius 2 is 1.95 bits per heavy atom. The average molecular weight is 571 g/mol. The van der Waals surface area contributed by atoms with Crippen LogP contribution >= 0.6 is 22.9 Å². The summed E-state index contributed by atoms with van der Waals surface area (Å²) in [5.74, 6) is -0.213. The number of aromatic nitrogens is 1. The number of thiophene rings is 1. The van der Waals surface area contributed by atoms with Gasteiger partial charge in [-0.15, -0.1) is 11.3 Å². The molecule has 0 aliphatic carbocycles. The fourth-order valence-corrected chi connectivity index (χ4v) is 7.28. The van der Waals surface area contributed by atoms with E-state index in [1.165, 1.54) is 16.2 Å². The van der Waals surface area contributed by atoms with Gasteiger partial charge in [-0.05, 0) is 56.0 Å². The molecular formula is C28H31ClN4O5S. The van der Waals surface area contributed by atoms with Crippen molar-refractivity contribution in [1.82, 2.24) is 15.2 Å². The van der Waals surface area contributed by atoms with Gasteiger partial charge in [0.15, 0.2) is 0 Å². The van der Waals surface area contributed by atoms with Crippen molar-refractivity contribution in [2.75, 3.05) is 24.6 Å². The van der Waals surface area contributed by atoms with Gasteiger partial charge in [-0.1, -0.05) is 11.6 Å². The van der Waals surface area contributed by atoms with E-state index in [1.54, 1.807) is 11.3 Å². The van der Waals surface area contributed by atoms with Crippen molar-refractivity contribution in [1.29, 1.82) is 0 Å². The van der Waals surface area contributed by atoms with E-state index in [0.717, 1.165) is 58.6 Å². The largest absolute Gasteiger partial charge is 0.483 e. The van der Waals surface area contributed by atoms with E-state index in [9.17, 15) is 14.7 Å². The molecule has 0 saturated carbocycles. The van der Waals surface area contributed by atoms with Gasteiger partial charge in [-0.3, -0.25) is 24.3 Å². The fourth-order valence-electron chi connectivity index (χ4n) is 5.91. The summed E-state index contributed by atoms with van der Waals surface area (Å²) in [4.78, 5) is 42.1. The maximum atomic E-state index is 12.2. The number of hydrogen-bond donors (Lipinski definition) is 3. The fraction of sp³-hybridized carbons (Fsp3) is 0.429. The summed E-state index contributed by atoms with van der Waals surface area (Å²) in [6.45, 7) is 4.02. The molecule has 9 nitrogen and oxygen atoms in total. The quantitative estimate of drug-likeness (QED) is 0.312. The van der Waals surface area contributed by atoms with Gasteiger partial charge in [0.25, 0.3) is 6.47 Å². The number of imide groups is 1. The Balaban J connectivity index is 0.000000983. The molecule has 6 rings (SSSR count). The number of nitrogens with zero attached hydrogens (tertiary/aromatic N) is 3. The third-order valence-electron chi connectivity index (χ3n) is 7.75. The number of aliphatic hydroxyl groups is 1. The summed E-state index contributed by atoms with van der Waals surface area (Å²) >= 11 is 8.24. The van der Waals surface area contributed by atoms with Crippen molar-refractivity contribution >= 4 is 57.1 Å². The smallest absolute Gasteiger partial charge is 0.290 e. The SMILES string of the molecule is C[C@]1(CO)C[C@H](N2CCCc3cc(Cl)cc(-c4ccnc5cc(CN6C(=O)CCC6=O)sc45)c32)CN1.O=CO. The number of nitrogens with one attached hydrogen (secondary N) is 1. The van der Waals surface area contributed by atoms with Crippen LogP contribution in [0.3, 0.4) is 0 Å². The number of anilines is 1. The number of benzene rings is 1. The Kier molecular flexibility index (Phi) is 7.91. The first-order valence-electron chi connectivity index (χ1n) is 13.0. The highest BCUT2D eigenvalue weighted by atomic mass is 35.5. The van der Waals surface area contributed by atoms with Gasteiger partial charge in [-0.25, -0.2) is 0 Å². The number of hydrogen-bond acceptors (Lipinski definition) is 8. The topological polar surface area (TPSA) is 123 Å². The Hall–Kier alpha value is -3.05. The zero-order valence-electron chi connectivity index (χ0n) is 21.7. The zero-order chi connectivity index (χ0) is 27.7. The van der Waals surface area contributed by atoms with Crippen LogP contribution in [-0.2, 0) is 27.3 Å². The molecule has 2 fully saturated rings. The summed E-state index contributed by atoms with van der Waals surface area (Å²) < 4.78 is 1.03. The van der Waals surface area contributed by atoms with Crippen molar-refractivity contribution in [3.8, 4) is 11.1 Å². The van der Waals surface area contributed by atoms with E-state index in [4.69, 9.17) is 21.5 Å². The van der Waals surface area contributed by atoms with Gasteiger partial charge in [0.2, 0.25) is 11.8 Å². The highest BCUT2D eigenvalue weighted by Gasteiger charge is 2.39. The molecule has 39 heavy (non-hydrogen) atoms. The molecule has 2 amide bonds. The molecule has 2 aromatic heterocycles. The lowest BCUT2D eigenvalue weighted by Crippen LogP contribution is -2.41. The highest BCUT2D eigenvalue weighted by Crippen LogP contribution is 2.45. The number of fused-ring (bicyclic) bond motifs is 2. The number of aryl methyl sites for hydroxylation is 1. The zero-order valence-corrected chi connectivity index (χ0v) is 23.2. The van der Waals surface area contributed by atoms with E-state index in [0.29, 0.717) is 24.4 Å². The van der Waals surface area contributed by atoms with Crippen molar-refractivity contribution < 1.29 is 24.6 Å². The van der Waals surface area contributed by atoms with E-state index in [2.05, 4.69) is 28.2 Å². The van der Waals surface area contributed by atoms with Gasteiger partial charge in [-0.2, -0.15) is 0 Å². The minimum atomic E-state index is -0.272. The van der Waals surface area contributed by atoms with Crippen molar-refractivity contribution in [3.63, 3.8) is 0 Å². The second kappa shape index (κ2) is 11.2. The number of amides is 2.